The molecule has 0 saturated carbocycles. The highest BCUT2D eigenvalue weighted by Gasteiger charge is 2.25. The molecule has 1 aliphatic rings. The summed E-state index contributed by atoms with van der Waals surface area (Å²) in [5.74, 6) is 0.854. The lowest BCUT2D eigenvalue weighted by atomic mass is 10.2. The van der Waals surface area contributed by atoms with Crippen molar-refractivity contribution in [3.8, 4) is 11.5 Å². The Morgan fingerprint density at radius 3 is 2.50 bits per heavy atom. The van der Waals surface area contributed by atoms with Crippen LogP contribution in [0.4, 0.5) is 4.39 Å². The van der Waals surface area contributed by atoms with E-state index in [4.69, 9.17) is 14.2 Å². The van der Waals surface area contributed by atoms with Crippen molar-refractivity contribution >= 4 is 5.91 Å². The molecule has 1 aliphatic heterocycles. The van der Waals surface area contributed by atoms with Gasteiger partial charge < -0.3 is 19.1 Å². The number of morpholine rings is 1. The molecule has 0 spiro atoms. The molecule has 0 aromatic heterocycles. The van der Waals surface area contributed by atoms with Gasteiger partial charge in [0.25, 0.3) is 5.91 Å². The third-order valence-corrected chi connectivity index (χ3v) is 4.12. The standard InChI is InChI=1S/C20H22FNO4/c1-15-2-6-17(7-3-15)26-14-20(23)22-10-11-24-19(12-22)13-25-18-8-4-16(21)5-9-18/h2-9,19H,10-14H2,1H3. The van der Waals surface area contributed by atoms with Gasteiger partial charge >= 0.3 is 0 Å². The van der Waals surface area contributed by atoms with Gasteiger partial charge in [0.15, 0.2) is 6.61 Å². The molecule has 5 nitrogen and oxygen atoms in total. The number of nitrogens with zero attached hydrogens (tertiary/aromatic N) is 1. The molecule has 2 aromatic carbocycles. The van der Waals surface area contributed by atoms with Crippen molar-refractivity contribution in [3.05, 3.63) is 59.9 Å². The molecule has 138 valence electrons. The summed E-state index contributed by atoms with van der Waals surface area (Å²) in [6.07, 6.45) is -0.225. The Morgan fingerprint density at radius 1 is 1.12 bits per heavy atom. The van der Waals surface area contributed by atoms with E-state index in [9.17, 15) is 9.18 Å². The van der Waals surface area contributed by atoms with Crippen LogP contribution >= 0.6 is 0 Å². The molecule has 1 saturated heterocycles. The summed E-state index contributed by atoms with van der Waals surface area (Å²) in [6.45, 7) is 3.72. The lowest BCUT2D eigenvalue weighted by molar-refractivity contribution is -0.142. The van der Waals surface area contributed by atoms with Crippen LogP contribution in [0.3, 0.4) is 0 Å². The molecule has 2 aromatic rings. The Bertz CT molecular complexity index is 718. The number of carbonyl (C=O) groups excluding carboxylic acids is 1. The summed E-state index contributed by atoms with van der Waals surface area (Å²) in [5, 5.41) is 0. The highest BCUT2D eigenvalue weighted by Crippen LogP contribution is 2.14. The fraction of sp³-hybridized carbons (Fsp3) is 0.350. The maximum absolute atomic E-state index is 12.9. The van der Waals surface area contributed by atoms with Gasteiger partial charge in [-0.15, -0.1) is 0 Å². The number of hydrogen-bond acceptors (Lipinski definition) is 4. The van der Waals surface area contributed by atoms with Crippen molar-refractivity contribution in [1.29, 1.82) is 0 Å². The van der Waals surface area contributed by atoms with Gasteiger partial charge in [-0.3, -0.25) is 4.79 Å². The first-order chi connectivity index (χ1) is 12.6. The van der Waals surface area contributed by atoms with Crippen LogP contribution in [0, 0.1) is 12.7 Å². The minimum Gasteiger partial charge on any atom is -0.491 e. The third-order valence-electron chi connectivity index (χ3n) is 4.12. The van der Waals surface area contributed by atoms with Crippen LogP contribution in [-0.2, 0) is 9.53 Å². The van der Waals surface area contributed by atoms with Crippen LogP contribution in [0.15, 0.2) is 48.5 Å². The predicted octanol–water partition coefficient (Wildman–Crippen LogP) is 2.82. The molecule has 1 atom stereocenters. The number of amides is 1. The Balaban J connectivity index is 1.45. The fourth-order valence-electron chi connectivity index (χ4n) is 2.64. The van der Waals surface area contributed by atoms with Gasteiger partial charge in [-0.25, -0.2) is 4.39 Å². The summed E-state index contributed by atoms with van der Waals surface area (Å²) < 4.78 is 29.7. The van der Waals surface area contributed by atoms with Gasteiger partial charge in [0.2, 0.25) is 0 Å². The van der Waals surface area contributed by atoms with Crippen LogP contribution in [0.5, 0.6) is 11.5 Å². The van der Waals surface area contributed by atoms with Gasteiger partial charge in [-0.1, -0.05) is 17.7 Å². The van der Waals surface area contributed by atoms with Gasteiger partial charge in [-0.2, -0.15) is 0 Å². The lowest BCUT2D eigenvalue weighted by Gasteiger charge is -2.32. The molecule has 1 amide bonds. The van der Waals surface area contributed by atoms with E-state index in [1.54, 1.807) is 17.0 Å². The zero-order chi connectivity index (χ0) is 18.4. The average molecular weight is 359 g/mol. The monoisotopic (exact) mass is 359 g/mol. The quantitative estimate of drug-likeness (QED) is 0.796. The summed E-state index contributed by atoms with van der Waals surface area (Å²) in [5.41, 5.74) is 1.14. The Kier molecular flexibility index (Phi) is 6.07. The molecule has 0 N–H and O–H groups in total. The van der Waals surface area contributed by atoms with Crippen molar-refractivity contribution in [2.45, 2.75) is 13.0 Å². The Labute approximate surface area is 152 Å². The predicted molar refractivity (Wildman–Crippen MR) is 94.9 cm³/mol. The molecule has 1 unspecified atom stereocenters. The topological polar surface area (TPSA) is 48.0 Å². The Morgan fingerprint density at radius 2 is 1.77 bits per heavy atom. The maximum atomic E-state index is 12.9. The van der Waals surface area contributed by atoms with Gasteiger partial charge in [0, 0.05) is 6.54 Å². The number of rotatable bonds is 6. The first-order valence-corrected chi connectivity index (χ1v) is 8.57. The van der Waals surface area contributed by atoms with E-state index in [2.05, 4.69) is 0 Å². The van der Waals surface area contributed by atoms with E-state index in [1.165, 1.54) is 12.1 Å². The van der Waals surface area contributed by atoms with Crippen molar-refractivity contribution in [2.75, 3.05) is 32.9 Å². The van der Waals surface area contributed by atoms with Gasteiger partial charge in [0.1, 0.15) is 30.0 Å². The van der Waals surface area contributed by atoms with E-state index in [1.807, 2.05) is 31.2 Å². The van der Waals surface area contributed by atoms with Crippen molar-refractivity contribution < 1.29 is 23.4 Å². The molecule has 6 heteroatoms. The normalized spacial score (nSPS) is 17.0. The number of halogens is 1. The molecule has 3 rings (SSSR count). The minimum absolute atomic E-state index is 0.00536. The second-order valence-corrected chi connectivity index (χ2v) is 6.20. The summed E-state index contributed by atoms with van der Waals surface area (Å²) in [7, 11) is 0. The lowest BCUT2D eigenvalue weighted by Crippen LogP contribution is -2.49. The van der Waals surface area contributed by atoms with Crippen molar-refractivity contribution in [3.63, 3.8) is 0 Å². The summed E-state index contributed by atoms with van der Waals surface area (Å²) in [4.78, 5) is 14.1. The largest absolute Gasteiger partial charge is 0.491 e. The smallest absolute Gasteiger partial charge is 0.260 e. The second-order valence-electron chi connectivity index (χ2n) is 6.20. The number of benzene rings is 2. The van der Waals surface area contributed by atoms with Crippen LogP contribution in [0.25, 0.3) is 0 Å². The zero-order valence-electron chi connectivity index (χ0n) is 14.7. The molecule has 0 bridgehead atoms. The molecular weight excluding hydrogens is 337 g/mol. The van der Waals surface area contributed by atoms with Crippen LogP contribution in [0.2, 0.25) is 0 Å². The number of ether oxygens (including phenoxy) is 3. The van der Waals surface area contributed by atoms with Crippen LogP contribution < -0.4 is 9.47 Å². The number of aryl methyl sites for hydroxylation is 1. The average Bonchev–Trinajstić information content (AvgIpc) is 2.67. The number of hydrogen-bond donors (Lipinski definition) is 0. The summed E-state index contributed by atoms with van der Waals surface area (Å²) in [6, 6.07) is 13.4. The van der Waals surface area contributed by atoms with Crippen molar-refractivity contribution in [1.82, 2.24) is 4.90 Å². The highest BCUT2D eigenvalue weighted by atomic mass is 19.1. The molecule has 26 heavy (non-hydrogen) atoms. The summed E-state index contributed by atoms with van der Waals surface area (Å²) >= 11 is 0. The van der Waals surface area contributed by atoms with Crippen LogP contribution in [-0.4, -0.2) is 49.8 Å². The van der Waals surface area contributed by atoms with E-state index >= 15 is 0 Å². The van der Waals surface area contributed by atoms with Crippen molar-refractivity contribution in [2.24, 2.45) is 0 Å². The van der Waals surface area contributed by atoms with E-state index in [0.717, 1.165) is 5.56 Å². The maximum Gasteiger partial charge on any atom is 0.260 e. The first kappa shape index (κ1) is 18.2. The first-order valence-electron chi connectivity index (χ1n) is 8.57. The third kappa shape index (κ3) is 5.20. The van der Waals surface area contributed by atoms with Gasteiger partial charge in [0.05, 0.1) is 13.2 Å². The molecule has 0 radical (unpaired) electrons. The zero-order valence-corrected chi connectivity index (χ0v) is 14.7. The van der Waals surface area contributed by atoms with E-state index in [-0.39, 0.29) is 24.4 Å². The fourth-order valence-corrected chi connectivity index (χ4v) is 2.64. The minimum atomic E-state index is -0.309. The highest BCUT2D eigenvalue weighted by molar-refractivity contribution is 5.77. The molecular formula is C20H22FNO4. The second kappa shape index (κ2) is 8.67. The number of carbonyl (C=O) groups is 1. The molecule has 1 heterocycles. The van der Waals surface area contributed by atoms with Gasteiger partial charge in [-0.05, 0) is 43.3 Å². The van der Waals surface area contributed by atoms with Crippen LogP contribution in [0.1, 0.15) is 5.56 Å². The molecule has 0 aliphatic carbocycles. The Hall–Kier alpha value is -2.60. The van der Waals surface area contributed by atoms with E-state index < -0.39 is 0 Å². The SMILES string of the molecule is Cc1ccc(OCC(=O)N2CCOC(COc3ccc(F)cc3)C2)cc1. The molecule has 1 fully saturated rings. The van der Waals surface area contributed by atoms with E-state index in [0.29, 0.717) is 37.8 Å².